The molecule has 0 saturated carbocycles. The maximum absolute atomic E-state index is 11.9. The predicted molar refractivity (Wildman–Crippen MR) is 81.1 cm³/mol. The van der Waals surface area contributed by atoms with Gasteiger partial charge in [0.05, 0.1) is 10.4 Å². The summed E-state index contributed by atoms with van der Waals surface area (Å²) >= 11 is 12.5. The van der Waals surface area contributed by atoms with Crippen molar-refractivity contribution < 1.29 is 9.53 Å². The summed E-state index contributed by atoms with van der Waals surface area (Å²) in [5, 5.41) is 0.0185. The maximum Gasteiger partial charge on any atom is 0.261 e. The van der Waals surface area contributed by atoms with E-state index in [2.05, 4.69) is 10.9 Å². The molecule has 1 amide bonds. The van der Waals surface area contributed by atoms with Crippen molar-refractivity contribution in [3.8, 4) is 0 Å². The van der Waals surface area contributed by atoms with Crippen LogP contribution >= 0.6 is 23.2 Å². The lowest BCUT2D eigenvalue weighted by Crippen LogP contribution is -2.52. The van der Waals surface area contributed by atoms with Gasteiger partial charge in [0, 0.05) is 17.7 Å². The first-order valence-electron chi connectivity index (χ1n) is 7.00. The van der Waals surface area contributed by atoms with Gasteiger partial charge in [0.1, 0.15) is 5.76 Å². The normalized spacial score (nSPS) is 29.8. The van der Waals surface area contributed by atoms with Crippen molar-refractivity contribution in [1.29, 1.82) is 0 Å². The maximum atomic E-state index is 11.9. The van der Waals surface area contributed by atoms with E-state index in [-0.39, 0.29) is 5.91 Å². The number of nitrogens with two attached hydrogens (primary N) is 1. The summed E-state index contributed by atoms with van der Waals surface area (Å²) in [6.07, 6.45) is 5.45. The molecule has 0 bridgehead atoms. The molecule has 7 heteroatoms. The summed E-state index contributed by atoms with van der Waals surface area (Å²) < 4.78 is 5.95. The van der Waals surface area contributed by atoms with Crippen LogP contribution in [0.25, 0.3) is 0 Å². The van der Waals surface area contributed by atoms with Crippen LogP contribution < -0.4 is 16.6 Å². The fourth-order valence-corrected chi connectivity index (χ4v) is 3.59. The van der Waals surface area contributed by atoms with Crippen molar-refractivity contribution in [3.05, 3.63) is 33.7 Å². The van der Waals surface area contributed by atoms with Crippen LogP contribution in [0.3, 0.4) is 0 Å². The van der Waals surface area contributed by atoms with Crippen molar-refractivity contribution in [3.63, 3.8) is 0 Å². The SMILES string of the molecule is NC1=CC(Cl)=C(OC2NNC(=O)C3=C2CCCC3)C(Cl)C1. The van der Waals surface area contributed by atoms with Gasteiger partial charge in [-0.3, -0.25) is 10.2 Å². The second-order valence-electron chi connectivity index (χ2n) is 5.41. The first-order chi connectivity index (χ1) is 10.1. The van der Waals surface area contributed by atoms with Crippen molar-refractivity contribution in [2.75, 3.05) is 0 Å². The number of allylic oxidation sites excluding steroid dienone is 4. The van der Waals surface area contributed by atoms with E-state index in [9.17, 15) is 4.79 Å². The number of ether oxygens (including phenoxy) is 1. The minimum Gasteiger partial charge on any atom is -0.471 e. The van der Waals surface area contributed by atoms with Gasteiger partial charge in [-0.15, -0.1) is 11.6 Å². The van der Waals surface area contributed by atoms with Crippen LogP contribution in [0.4, 0.5) is 0 Å². The van der Waals surface area contributed by atoms with Crippen molar-refractivity contribution in [1.82, 2.24) is 10.9 Å². The second-order valence-corrected chi connectivity index (χ2v) is 6.34. The highest BCUT2D eigenvalue weighted by molar-refractivity contribution is 6.33. The van der Waals surface area contributed by atoms with E-state index in [1.165, 1.54) is 0 Å². The van der Waals surface area contributed by atoms with Crippen LogP contribution in [0, 0.1) is 0 Å². The molecule has 2 atom stereocenters. The van der Waals surface area contributed by atoms with Crippen LogP contribution in [-0.4, -0.2) is 17.5 Å². The summed E-state index contributed by atoms with van der Waals surface area (Å²) in [7, 11) is 0. The number of nitrogens with one attached hydrogen (secondary N) is 2. The highest BCUT2D eigenvalue weighted by atomic mass is 35.5. The lowest BCUT2D eigenvalue weighted by Gasteiger charge is -2.34. The van der Waals surface area contributed by atoms with E-state index in [4.69, 9.17) is 33.7 Å². The third kappa shape index (κ3) is 2.91. The summed E-state index contributed by atoms with van der Waals surface area (Å²) in [5.74, 6) is 0.429. The monoisotopic (exact) mass is 329 g/mol. The molecule has 0 radical (unpaired) electrons. The van der Waals surface area contributed by atoms with Crippen LogP contribution in [0.2, 0.25) is 0 Å². The molecule has 0 aromatic heterocycles. The molecule has 1 aliphatic heterocycles. The Hall–Kier alpha value is -1.17. The van der Waals surface area contributed by atoms with Crippen molar-refractivity contribution in [2.45, 2.75) is 43.7 Å². The van der Waals surface area contributed by atoms with Gasteiger partial charge in [-0.25, -0.2) is 0 Å². The van der Waals surface area contributed by atoms with E-state index in [1.807, 2.05) is 0 Å². The molecular weight excluding hydrogens is 313 g/mol. The molecule has 1 heterocycles. The molecule has 0 aromatic rings. The molecule has 3 aliphatic rings. The van der Waals surface area contributed by atoms with Crippen LogP contribution in [-0.2, 0) is 9.53 Å². The number of halogens is 2. The standard InChI is InChI=1S/C14H17Cl2N3O2/c15-10-5-7(17)6-11(16)12(10)21-14-9-4-2-1-3-8(9)13(20)18-19-14/h5,11,14,19H,1-4,6,17H2,(H,18,20). The highest BCUT2D eigenvalue weighted by Crippen LogP contribution is 2.34. The van der Waals surface area contributed by atoms with E-state index >= 15 is 0 Å². The van der Waals surface area contributed by atoms with E-state index in [1.54, 1.807) is 6.08 Å². The lowest BCUT2D eigenvalue weighted by atomic mass is 9.89. The molecule has 3 rings (SSSR count). The minimum absolute atomic E-state index is 0.0696. The Labute approximate surface area is 133 Å². The van der Waals surface area contributed by atoms with Crippen LogP contribution in [0.5, 0.6) is 0 Å². The van der Waals surface area contributed by atoms with E-state index in [0.717, 1.165) is 36.8 Å². The topological polar surface area (TPSA) is 76.4 Å². The molecule has 0 fully saturated rings. The molecule has 2 aliphatic carbocycles. The van der Waals surface area contributed by atoms with Crippen LogP contribution in [0.1, 0.15) is 32.1 Å². The average molecular weight is 330 g/mol. The first-order valence-corrected chi connectivity index (χ1v) is 7.82. The fourth-order valence-electron chi connectivity index (χ4n) is 2.87. The van der Waals surface area contributed by atoms with E-state index in [0.29, 0.717) is 22.9 Å². The number of rotatable bonds is 2. The number of hydrazine groups is 1. The third-order valence-electron chi connectivity index (χ3n) is 3.91. The average Bonchev–Trinajstić information content (AvgIpc) is 2.45. The van der Waals surface area contributed by atoms with Gasteiger partial charge < -0.3 is 10.5 Å². The Morgan fingerprint density at radius 1 is 1.33 bits per heavy atom. The molecule has 5 nitrogen and oxygen atoms in total. The summed E-state index contributed by atoms with van der Waals surface area (Å²) in [4.78, 5) is 11.9. The Morgan fingerprint density at radius 2 is 2.10 bits per heavy atom. The highest BCUT2D eigenvalue weighted by Gasteiger charge is 2.33. The quantitative estimate of drug-likeness (QED) is 0.678. The van der Waals surface area contributed by atoms with Gasteiger partial charge in [0.2, 0.25) is 0 Å². The second kappa shape index (κ2) is 5.91. The number of carbonyl (C=O) groups excluding carboxylic acids is 1. The zero-order valence-electron chi connectivity index (χ0n) is 11.4. The zero-order valence-corrected chi connectivity index (χ0v) is 12.9. The summed E-state index contributed by atoms with van der Waals surface area (Å²) in [6, 6.07) is 0. The Balaban J connectivity index is 1.86. The molecule has 0 spiro atoms. The van der Waals surface area contributed by atoms with Gasteiger partial charge in [-0.2, -0.15) is 5.43 Å². The number of hydrogen-bond donors (Lipinski definition) is 3. The Kier molecular flexibility index (Phi) is 4.15. The molecule has 0 saturated heterocycles. The summed E-state index contributed by atoms with van der Waals surface area (Å²) in [5.41, 5.74) is 13.7. The summed E-state index contributed by atoms with van der Waals surface area (Å²) in [6.45, 7) is 0. The van der Waals surface area contributed by atoms with Gasteiger partial charge in [0.15, 0.2) is 6.23 Å². The molecule has 2 unspecified atom stereocenters. The number of alkyl halides is 1. The molecule has 0 aromatic carbocycles. The smallest absolute Gasteiger partial charge is 0.261 e. The number of hydrogen-bond acceptors (Lipinski definition) is 4. The van der Waals surface area contributed by atoms with E-state index < -0.39 is 11.6 Å². The first kappa shape index (κ1) is 14.8. The third-order valence-corrected chi connectivity index (χ3v) is 4.56. The Bertz CT molecular complexity index is 569. The molecular formula is C14H17Cl2N3O2. The zero-order chi connectivity index (χ0) is 15.0. The van der Waals surface area contributed by atoms with Crippen molar-refractivity contribution in [2.24, 2.45) is 5.73 Å². The molecule has 21 heavy (non-hydrogen) atoms. The molecule has 114 valence electrons. The molecule has 4 N–H and O–H groups in total. The van der Waals surface area contributed by atoms with Gasteiger partial charge >= 0.3 is 0 Å². The Morgan fingerprint density at radius 3 is 2.86 bits per heavy atom. The number of carbonyl (C=O) groups is 1. The van der Waals surface area contributed by atoms with Gasteiger partial charge in [-0.1, -0.05) is 11.6 Å². The van der Waals surface area contributed by atoms with Crippen molar-refractivity contribution >= 4 is 29.1 Å². The van der Waals surface area contributed by atoms with Gasteiger partial charge in [0.25, 0.3) is 5.91 Å². The fraction of sp³-hybridized carbons (Fsp3) is 0.500. The van der Waals surface area contributed by atoms with Gasteiger partial charge in [-0.05, 0) is 37.3 Å². The minimum atomic E-state index is -0.421. The lowest BCUT2D eigenvalue weighted by molar-refractivity contribution is -0.121. The van der Waals surface area contributed by atoms with Crippen LogP contribution in [0.15, 0.2) is 33.7 Å². The predicted octanol–water partition coefficient (Wildman–Crippen LogP) is 2.14. The number of amides is 1. The largest absolute Gasteiger partial charge is 0.471 e.